The summed E-state index contributed by atoms with van der Waals surface area (Å²) in [6, 6.07) is 16.5. The number of halogens is 1. The van der Waals surface area contributed by atoms with Gasteiger partial charge >= 0.3 is 0 Å². The first-order chi connectivity index (χ1) is 18.0. The normalized spacial score (nSPS) is 21.0. The molecule has 0 radical (unpaired) electrons. The predicted molar refractivity (Wildman–Crippen MR) is 139 cm³/mol. The second kappa shape index (κ2) is 9.39. The minimum absolute atomic E-state index is 0.0166. The molecular weight excluding hydrogens is 465 g/mol. The van der Waals surface area contributed by atoms with Crippen LogP contribution in [0.2, 0.25) is 0 Å². The smallest absolute Gasteiger partial charge is 0.254 e. The number of nitrogens with zero attached hydrogens (tertiary/aromatic N) is 4. The van der Waals surface area contributed by atoms with Gasteiger partial charge in [-0.2, -0.15) is 5.10 Å². The molecule has 0 spiro atoms. The van der Waals surface area contributed by atoms with Gasteiger partial charge in [-0.25, -0.2) is 19.0 Å². The van der Waals surface area contributed by atoms with Crippen LogP contribution in [0.25, 0.3) is 11.8 Å². The van der Waals surface area contributed by atoms with Crippen molar-refractivity contribution in [2.45, 2.75) is 38.6 Å². The van der Waals surface area contributed by atoms with Gasteiger partial charge in [-0.15, -0.1) is 0 Å². The number of fused-ring (bicyclic) bond motifs is 2. The van der Waals surface area contributed by atoms with Crippen molar-refractivity contribution in [2.75, 3.05) is 0 Å². The zero-order valence-corrected chi connectivity index (χ0v) is 20.6. The number of hydrogen-bond donors (Lipinski definition) is 1. The fraction of sp³-hybridized carbons (Fsp3) is 0.267. The van der Waals surface area contributed by atoms with Crippen LogP contribution in [0.1, 0.15) is 59.4 Å². The van der Waals surface area contributed by atoms with E-state index < -0.39 is 0 Å². The van der Waals surface area contributed by atoms with Crippen LogP contribution in [0.3, 0.4) is 0 Å². The lowest BCUT2D eigenvalue weighted by atomic mass is 9.68. The molecule has 4 aromatic rings. The predicted octanol–water partition coefficient (Wildman–Crippen LogP) is 5.72. The van der Waals surface area contributed by atoms with Gasteiger partial charge in [0.2, 0.25) is 0 Å². The molecule has 0 aliphatic heterocycles. The van der Waals surface area contributed by atoms with Crippen molar-refractivity contribution in [3.63, 3.8) is 0 Å². The van der Waals surface area contributed by atoms with Crippen LogP contribution in [-0.4, -0.2) is 25.7 Å². The van der Waals surface area contributed by atoms with E-state index >= 15 is 0 Å². The Morgan fingerprint density at radius 2 is 1.86 bits per heavy atom. The lowest BCUT2D eigenvalue weighted by molar-refractivity contribution is 0.0922. The van der Waals surface area contributed by atoms with Gasteiger partial charge in [-0.05, 0) is 78.5 Å². The van der Waals surface area contributed by atoms with Crippen LogP contribution >= 0.6 is 0 Å². The third-order valence-electron chi connectivity index (χ3n) is 8.07. The molecule has 37 heavy (non-hydrogen) atoms. The van der Waals surface area contributed by atoms with Gasteiger partial charge < -0.3 is 5.32 Å². The molecule has 2 aliphatic carbocycles. The van der Waals surface area contributed by atoms with Gasteiger partial charge in [-0.3, -0.25) is 4.79 Å². The Morgan fingerprint density at radius 1 is 1.11 bits per heavy atom. The van der Waals surface area contributed by atoms with Gasteiger partial charge in [0.25, 0.3) is 5.91 Å². The van der Waals surface area contributed by atoms with Crippen LogP contribution < -0.4 is 5.32 Å². The van der Waals surface area contributed by atoms with Crippen LogP contribution in [0, 0.1) is 17.2 Å². The van der Waals surface area contributed by atoms with Crippen LogP contribution in [0.4, 0.5) is 4.39 Å². The molecule has 0 bridgehead atoms. The van der Waals surface area contributed by atoms with Gasteiger partial charge in [0.05, 0.1) is 29.2 Å². The van der Waals surface area contributed by atoms with Crippen molar-refractivity contribution in [2.24, 2.45) is 11.3 Å². The third-order valence-corrected chi connectivity index (χ3v) is 8.07. The Bertz CT molecular complexity index is 1450. The number of hydrogen-bond acceptors (Lipinski definition) is 4. The van der Waals surface area contributed by atoms with Crippen molar-refractivity contribution in [1.82, 2.24) is 25.1 Å². The van der Waals surface area contributed by atoms with E-state index in [9.17, 15) is 9.18 Å². The molecule has 2 aromatic heterocycles. The van der Waals surface area contributed by atoms with Crippen molar-refractivity contribution >= 4 is 12.0 Å². The Hall–Kier alpha value is -4.13. The molecule has 2 heterocycles. The highest BCUT2D eigenvalue weighted by Crippen LogP contribution is 2.55. The minimum Gasteiger partial charge on any atom is -0.345 e. The summed E-state index contributed by atoms with van der Waals surface area (Å²) >= 11 is 0. The number of carbonyl (C=O) groups is 1. The first-order valence-electron chi connectivity index (χ1n) is 12.7. The maximum Gasteiger partial charge on any atom is 0.254 e. The molecule has 7 heteroatoms. The van der Waals surface area contributed by atoms with E-state index in [1.807, 2.05) is 29.1 Å². The highest BCUT2D eigenvalue weighted by atomic mass is 19.1. The summed E-state index contributed by atoms with van der Waals surface area (Å²) in [4.78, 5) is 21.0. The number of carbonyl (C=O) groups excluding carboxylic acids is 1. The topological polar surface area (TPSA) is 72.7 Å². The van der Waals surface area contributed by atoms with Gasteiger partial charge in [0.1, 0.15) is 12.1 Å². The largest absolute Gasteiger partial charge is 0.345 e. The molecular formula is C30H28FN5O. The van der Waals surface area contributed by atoms with E-state index in [1.54, 1.807) is 24.5 Å². The Labute approximate surface area is 215 Å². The maximum absolute atomic E-state index is 13.5. The zero-order chi connectivity index (χ0) is 25.4. The number of benzene rings is 2. The molecule has 1 fully saturated rings. The van der Waals surface area contributed by atoms with Crippen LogP contribution in [-0.2, 0) is 6.42 Å². The van der Waals surface area contributed by atoms with Gasteiger partial charge in [-0.1, -0.05) is 42.8 Å². The Balaban J connectivity index is 1.27. The van der Waals surface area contributed by atoms with E-state index in [0.717, 1.165) is 42.6 Å². The van der Waals surface area contributed by atoms with E-state index in [4.69, 9.17) is 0 Å². The molecule has 1 saturated carbocycles. The molecule has 0 saturated heterocycles. The monoisotopic (exact) mass is 493 g/mol. The SMILES string of the molecule is CC12Cc3cnn(-c4ccc(F)cc4)c3C=C1CCC2CC(NC(=O)c1cncnc1)c1ccccc1. The molecule has 186 valence electrons. The lowest BCUT2D eigenvalue weighted by Crippen LogP contribution is -2.35. The average molecular weight is 494 g/mol. The molecule has 2 aliphatic rings. The van der Waals surface area contributed by atoms with Crippen LogP contribution in [0.5, 0.6) is 0 Å². The molecule has 1 N–H and O–H groups in total. The van der Waals surface area contributed by atoms with Crippen molar-refractivity contribution in [1.29, 1.82) is 0 Å². The Kier molecular flexibility index (Phi) is 5.91. The highest BCUT2D eigenvalue weighted by Gasteiger charge is 2.46. The molecule has 3 atom stereocenters. The fourth-order valence-corrected chi connectivity index (χ4v) is 6.01. The van der Waals surface area contributed by atoms with E-state index in [0.29, 0.717) is 11.5 Å². The van der Waals surface area contributed by atoms with E-state index in [2.05, 4.69) is 45.5 Å². The average Bonchev–Trinajstić information content (AvgIpc) is 3.47. The summed E-state index contributed by atoms with van der Waals surface area (Å²) in [6.45, 7) is 2.35. The first-order valence-corrected chi connectivity index (χ1v) is 12.7. The number of allylic oxidation sites excluding steroid dienone is 1. The number of nitrogens with one attached hydrogen (secondary N) is 1. The molecule has 2 aromatic carbocycles. The quantitative estimate of drug-likeness (QED) is 0.373. The summed E-state index contributed by atoms with van der Waals surface area (Å²) in [5.74, 6) is -0.0346. The first kappa shape index (κ1) is 23.3. The molecule has 3 unspecified atom stereocenters. The fourth-order valence-electron chi connectivity index (χ4n) is 6.01. The summed E-state index contributed by atoms with van der Waals surface area (Å²) in [5, 5.41) is 7.90. The van der Waals surface area contributed by atoms with Crippen molar-refractivity contribution in [3.8, 4) is 5.69 Å². The minimum atomic E-state index is -0.255. The van der Waals surface area contributed by atoms with Crippen LogP contribution in [0.15, 0.2) is 85.1 Å². The van der Waals surface area contributed by atoms with Gasteiger partial charge in [0.15, 0.2) is 0 Å². The lowest BCUT2D eigenvalue weighted by Gasteiger charge is -2.37. The van der Waals surface area contributed by atoms with Crippen molar-refractivity contribution in [3.05, 3.63) is 113 Å². The second-order valence-electron chi connectivity index (χ2n) is 10.2. The second-order valence-corrected chi connectivity index (χ2v) is 10.2. The third kappa shape index (κ3) is 4.35. The molecule has 6 nitrogen and oxygen atoms in total. The summed E-state index contributed by atoms with van der Waals surface area (Å²) < 4.78 is 15.4. The number of rotatable bonds is 6. The van der Waals surface area contributed by atoms with E-state index in [-0.39, 0.29) is 23.2 Å². The molecule has 1 amide bonds. The maximum atomic E-state index is 13.5. The van der Waals surface area contributed by atoms with Crippen molar-refractivity contribution < 1.29 is 9.18 Å². The summed E-state index contributed by atoms with van der Waals surface area (Å²) in [7, 11) is 0. The summed E-state index contributed by atoms with van der Waals surface area (Å²) in [5.41, 5.74) is 6.09. The highest BCUT2D eigenvalue weighted by molar-refractivity contribution is 5.93. The standard InChI is InChI=1S/C30H28FN5O/c1-30-15-21-18-34-36(26-11-9-25(31)10-12-26)28(21)14-24(30)8-7-23(30)13-27(20-5-3-2-4-6-20)35-29(37)22-16-32-19-33-17-22/h2-6,9-12,14,16-19,23,27H,7-8,13,15H2,1H3,(H,35,37). The molecule has 6 rings (SSSR count). The van der Waals surface area contributed by atoms with Gasteiger partial charge in [0, 0.05) is 12.4 Å². The Morgan fingerprint density at radius 3 is 2.62 bits per heavy atom. The number of aromatic nitrogens is 4. The summed E-state index contributed by atoms with van der Waals surface area (Å²) in [6.07, 6.45) is 12.5. The van der Waals surface area contributed by atoms with E-state index in [1.165, 1.54) is 29.6 Å². The number of amides is 1. The zero-order valence-electron chi connectivity index (χ0n) is 20.6.